The van der Waals surface area contributed by atoms with Crippen molar-refractivity contribution in [2.45, 2.75) is 11.8 Å². The van der Waals surface area contributed by atoms with Crippen molar-refractivity contribution < 1.29 is 9.13 Å². The van der Waals surface area contributed by atoms with E-state index in [-0.39, 0.29) is 5.82 Å². The van der Waals surface area contributed by atoms with Crippen molar-refractivity contribution in [1.82, 2.24) is 0 Å². The van der Waals surface area contributed by atoms with Gasteiger partial charge in [0.05, 0.1) is 6.61 Å². The zero-order chi connectivity index (χ0) is 8.97. The second-order valence-corrected chi connectivity index (χ2v) is 3.08. The maximum Gasteiger partial charge on any atom is 0.135 e. The topological polar surface area (TPSA) is 9.23 Å². The molecule has 0 saturated heterocycles. The average molecular weight is 186 g/mol. The van der Waals surface area contributed by atoms with Crippen molar-refractivity contribution in [3.8, 4) is 5.75 Å². The number of hydrogen-bond donors (Lipinski definition) is 0. The molecule has 0 aromatic heterocycles. The summed E-state index contributed by atoms with van der Waals surface area (Å²) < 4.78 is 18.0. The maximum atomic E-state index is 12.7. The monoisotopic (exact) mass is 186 g/mol. The smallest absolute Gasteiger partial charge is 0.135 e. The molecule has 12 heavy (non-hydrogen) atoms. The van der Waals surface area contributed by atoms with Gasteiger partial charge in [-0.3, -0.25) is 0 Å². The van der Waals surface area contributed by atoms with Crippen molar-refractivity contribution in [3.05, 3.63) is 24.0 Å². The Kier molecular flexibility index (Phi) is 3.41. The van der Waals surface area contributed by atoms with E-state index in [2.05, 4.69) is 0 Å². The van der Waals surface area contributed by atoms with Gasteiger partial charge in [-0.05, 0) is 25.3 Å². The minimum Gasteiger partial charge on any atom is -0.493 e. The molecule has 1 aromatic rings. The normalized spacial score (nSPS) is 9.92. The van der Waals surface area contributed by atoms with Gasteiger partial charge in [-0.2, -0.15) is 0 Å². The highest BCUT2D eigenvalue weighted by Crippen LogP contribution is 2.27. The molecule has 0 heterocycles. The van der Waals surface area contributed by atoms with Crippen LogP contribution >= 0.6 is 11.8 Å². The molecule has 66 valence electrons. The summed E-state index contributed by atoms with van der Waals surface area (Å²) in [4.78, 5) is 0.971. The van der Waals surface area contributed by atoms with Crippen LogP contribution in [0.5, 0.6) is 5.75 Å². The molecule has 0 spiro atoms. The van der Waals surface area contributed by atoms with Crippen molar-refractivity contribution >= 4 is 11.8 Å². The van der Waals surface area contributed by atoms with Gasteiger partial charge < -0.3 is 4.74 Å². The first-order valence-corrected chi connectivity index (χ1v) is 4.96. The van der Waals surface area contributed by atoms with E-state index in [4.69, 9.17) is 4.74 Å². The Balaban J connectivity index is 2.95. The lowest BCUT2D eigenvalue weighted by Gasteiger charge is -2.07. The summed E-state index contributed by atoms with van der Waals surface area (Å²) in [6.07, 6.45) is 1.94. The van der Waals surface area contributed by atoms with Crippen molar-refractivity contribution in [1.29, 1.82) is 0 Å². The molecule has 0 fully saturated rings. The molecule has 1 rings (SSSR count). The zero-order valence-electron chi connectivity index (χ0n) is 7.13. The van der Waals surface area contributed by atoms with Gasteiger partial charge in [0.1, 0.15) is 11.6 Å². The minimum absolute atomic E-state index is 0.253. The SMILES string of the molecule is CCOc1cc(F)ccc1SC. The maximum absolute atomic E-state index is 12.7. The molecule has 0 aliphatic rings. The largest absolute Gasteiger partial charge is 0.493 e. The van der Waals surface area contributed by atoms with Crippen LogP contribution in [0.25, 0.3) is 0 Å². The first kappa shape index (κ1) is 9.39. The Morgan fingerprint density at radius 1 is 1.50 bits per heavy atom. The third-order valence-corrected chi connectivity index (χ3v) is 2.20. The van der Waals surface area contributed by atoms with Gasteiger partial charge in [0.15, 0.2) is 0 Å². The van der Waals surface area contributed by atoms with Crippen molar-refractivity contribution in [2.75, 3.05) is 12.9 Å². The number of ether oxygens (including phenoxy) is 1. The molecule has 1 nitrogen and oxygen atoms in total. The summed E-state index contributed by atoms with van der Waals surface area (Å²) in [5.41, 5.74) is 0. The Morgan fingerprint density at radius 2 is 2.25 bits per heavy atom. The van der Waals surface area contributed by atoms with Gasteiger partial charge in [0, 0.05) is 11.0 Å². The van der Waals surface area contributed by atoms with E-state index in [9.17, 15) is 4.39 Å². The van der Waals surface area contributed by atoms with Crippen LogP contribution < -0.4 is 4.74 Å². The van der Waals surface area contributed by atoms with E-state index in [0.29, 0.717) is 12.4 Å². The van der Waals surface area contributed by atoms with Gasteiger partial charge in [-0.15, -0.1) is 11.8 Å². The lowest BCUT2D eigenvalue weighted by atomic mass is 10.3. The number of thioether (sulfide) groups is 1. The summed E-state index contributed by atoms with van der Waals surface area (Å²) in [5, 5.41) is 0. The van der Waals surface area contributed by atoms with Crippen LogP contribution in [0.1, 0.15) is 6.92 Å². The predicted octanol–water partition coefficient (Wildman–Crippen LogP) is 2.95. The fourth-order valence-electron chi connectivity index (χ4n) is 0.919. The first-order chi connectivity index (χ1) is 5.77. The highest BCUT2D eigenvalue weighted by molar-refractivity contribution is 7.98. The second-order valence-electron chi connectivity index (χ2n) is 2.23. The Hall–Kier alpha value is -0.700. The van der Waals surface area contributed by atoms with Gasteiger partial charge in [0.2, 0.25) is 0 Å². The van der Waals surface area contributed by atoms with Crippen LogP contribution in [-0.2, 0) is 0 Å². The van der Waals surface area contributed by atoms with E-state index in [1.54, 1.807) is 17.8 Å². The Morgan fingerprint density at radius 3 is 2.83 bits per heavy atom. The molecule has 3 heteroatoms. The molecular formula is C9H11FOS. The van der Waals surface area contributed by atoms with Crippen molar-refractivity contribution in [3.63, 3.8) is 0 Å². The lowest BCUT2D eigenvalue weighted by Crippen LogP contribution is -1.93. The first-order valence-electron chi connectivity index (χ1n) is 3.74. The molecule has 0 N–H and O–H groups in total. The van der Waals surface area contributed by atoms with E-state index in [1.807, 2.05) is 13.2 Å². The van der Waals surface area contributed by atoms with E-state index in [0.717, 1.165) is 4.90 Å². The third-order valence-electron chi connectivity index (χ3n) is 1.43. The number of rotatable bonds is 3. The molecular weight excluding hydrogens is 175 g/mol. The van der Waals surface area contributed by atoms with E-state index in [1.165, 1.54) is 12.1 Å². The summed E-state index contributed by atoms with van der Waals surface area (Å²) in [5.74, 6) is 0.376. The summed E-state index contributed by atoms with van der Waals surface area (Å²) in [7, 11) is 0. The van der Waals surface area contributed by atoms with Crippen molar-refractivity contribution in [2.24, 2.45) is 0 Å². The highest BCUT2D eigenvalue weighted by atomic mass is 32.2. The van der Waals surface area contributed by atoms with Crippen LogP contribution in [-0.4, -0.2) is 12.9 Å². The summed E-state index contributed by atoms with van der Waals surface area (Å²) in [6, 6.07) is 4.58. The summed E-state index contributed by atoms with van der Waals surface area (Å²) >= 11 is 1.55. The van der Waals surface area contributed by atoms with E-state index >= 15 is 0 Å². The van der Waals surface area contributed by atoms with Gasteiger partial charge in [0.25, 0.3) is 0 Å². The van der Waals surface area contributed by atoms with Gasteiger partial charge in [-0.1, -0.05) is 0 Å². The molecule has 0 aliphatic heterocycles. The number of hydrogen-bond acceptors (Lipinski definition) is 2. The van der Waals surface area contributed by atoms with Gasteiger partial charge in [-0.25, -0.2) is 4.39 Å². The Labute approximate surface area is 75.9 Å². The molecule has 0 saturated carbocycles. The van der Waals surface area contributed by atoms with E-state index < -0.39 is 0 Å². The van der Waals surface area contributed by atoms with Crippen LogP contribution in [0, 0.1) is 5.82 Å². The zero-order valence-corrected chi connectivity index (χ0v) is 7.95. The molecule has 0 amide bonds. The number of halogens is 1. The standard InChI is InChI=1S/C9H11FOS/c1-3-11-8-6-7(10)4-5-9(8)12-2/h4-6H,3H2,1-2H3. The van der Waals surface area contributed by atoms with Crippen LogP contribution in [0.3, 0.4) is 0 Å². The minimum atomic E-state index is -0.253. The van der Waals surface area contributed by atoms with Crippen LogP contribution in [0.4, 0.5) is 4.39 Å². The molecule has 1 aromatic carbocycles. The highest BCUT2D eigenvalue weighted by Gasteiger charge is 2.02. The molecule has 0 aliphatic carbocycles. The predicted molar refractivity (Wildman–Crippen MR) is 49.4 cm³/mol. The average Bonchev–Trinajstić information content (AvgIpc) is 2.05. The summed E-state index contributed by atoms with van der Waals surface area (Å²) in [6.45, 7) is 2.45. The van der Waals surface area contributed by atoms with Crippen LogP contribution in [0.2, 0.25) is 0 Å². The number of benzene rings is 1. The Bertz CT molecular complexity index is 263. The quantitative estimate of drug-likeness (QED) is 0.671. The third kappa shape index (κ3) is 2.14. The second kappa shape index (κ2) is 4.36. The molecule has 0 atom stereocenters. The lowest BCUT2D eigenvalue weighted by molar-refractivity contribution is 0.330. The fourth-order valence-corrected chi connectivity index (χ4v) is 1.44. The van der Waals surface area contributed by atoms with Gasteiger partial charge >= 0.3 is 0 Å². The molecule has 0 radical (unpaired) electrons. The fraction of sp³-hybridized carbons (Fsp3) is 0.333. The van der Waals surface area contributed by atoms with Crippen LogP contribution in [0.15, 0.2) is 23.1 Å². The molecule has 0 bridgehead atoms. The molecule has 0 unspecified atom stereocenters.